The Morgan fingerprint density at radius 2 is 0.667 bits per heavy atom. The zero-order valence-electron chi connectivity index (χ0n) is 36.1. The third-order valence-electron chi connectivity index (χ3n) is 12.6. The van der Waals surface area contributed by atoms with Gasteiger partial charge in [-0.25, -0.2) is 0 Å². The summed E-state index contributed by atoms with van der Waals surface area (Å²) in [6.07, 6.45) is 0. The number of hydrogen-bond acceptors (Lipinski definition) is 2. The molecule has 0 heterocycles. The molecule has 0 aromatic heterocycles. The van der Waals surface area contributed by atoms with Crippen molar-refractivity contribution in [2.24, 2.45) is 0 Å². The van der Waals surface area contributed by atoms with Crippen LogP contribution in [0.1, 0.15) is 63.8 Å². The average Bonchev–Trinajstić information content (AvgIpc) is 3.24. The zero-order valence-corrected chi connectivity index (χ0v) is 36.1. The average molecular weight is 777 g/mol. The van der Waals surface area contributed by atoms with Crippen LogP contribution in [0, 0.1) is 13.8 Å². The van der Waals surface area contributed by atoms with Crippen molar-refractivity contribution in [2.45, 2.75) is 66.2 Å². The lowest BCUT2D eigenvalue weighted by Crippen LogP contribution is -2.18. The Balaban J connectivity index is 1.36. The highest BCUT2D eigenvalue weighted by molar-refractivity contribution is 6.29. The predicted molar refractivity (Wildman–Crippen MR) is 261 cm³/mol. The number of fused-ring (bicyclic) bond motifs is 2. The molecule has 0 radical (unpaired) electrons. The van der Waals surface area contributed by atoms with Gasteiger partial charge in [-0.1, -0.05) is 163 Å². The minimum atomic E-state index is -0.133. The van der Waals surface area contributed by atoms with Crippen molar-refractivity contribution >= 4 is 88.0 Å². The van der Waals surface area contributed by atoms with E-state index in [0.29, 0.717) is 0 Å². The van der Waals surface area contributed by atoms with Gasteiger partial charge >= 0.3 is 0 Å². The smallest absolute Gasteiger partial charge is 0.0543 e. The largest absolute Gasteiger partial charge is 0.310 e. The standard InChI is InChI=1S/C58H52N2/c1-37-17-9-15-23-51(37)59(43-27-25-39-19-11-13-21-41(39)33-43)53-35-49(57(3,4)5)45-30-32-48-54(36-50(58(6,7)8)46-29-31-47(53)55(45)56(46)48)60(52-24-16-10-18-38(52)2)44-28-26-40-20-12-14-22-42(40)34-44/h9-36H,1-8H3. The molecule has 0 fully saturated rings. The van der Waals surface area contributed by atoms with Crippen molar-refractivity contribution in [3.63, 3.8) is 0 Å². The van der Waals surface area contributed by atoms with Crippen molar-refractivity contribution in [1.82, 2.24) is 0 Å². The second kappa shape index (κ2) is 14.0. The molecular weight excluding hydrogens is 725 g/mol. The fraction of sp³-hybridized carbons (Fsp3) is 0.172. The van der Waals surface area contributed by atoms with Gasteiger partial charge in [-0.05, 0) is 139 Å². The highest BCUT2D eigenvalue weighted by Crippen LogP contribution is 2.52. The molecule has 10 aromatic carbocycles. The lowest BCUT2D eigenvalue weighted by atomic mass is 9.77. The summed E-state index contributed by atoms with van der Waals surface area (Å²) in [4.78, 5) is 5.03. The van der Waals surface area contributed by atoms with E-state index >= 15 is 0 Å². The summed E-state index contributed by atoms with van der Waals surface area (Å²) in [6, 6.07) is 63.5. The lowest BCUT2D eigenvalue weighted by Gasteiger charge is -2.34. The molecule has 2 nitrogen and oxygen atoms in total. The Morgan fingerprint density at radius 3 is 1.05 bits per heavy atom. The molecule has 0 N–H and O–H groups in total. The van der Waals surface area contributed by atoms with Crippen LogP contribution in [0.2, 0.25) is 0 Å². The van der Waals surface area contributed by atoms with Gasteiger partial charge in [0.2, 0.25) is 0 Å². The van der Waals surface area contributed by atoms with Crippen LogP contribution in [0.15, 0.2) is 170 Å². The number of aryl methyl sites for hydroxylation is 2. The number of hydrogen-bond donors (Lipinski definition) is 0. The van der Waals surface area contributed by atoms with Crippen LogP contribution in [-0.4, -0.2) is 0 Å². The first-order valence-corrected chi connectivity index (χ1v) is 21.4. The SMILES string of the molecule is Cc1ccccc1N(c1ccc2ccccc2c1)c1cc(C(C)(C)C)c2ccc3c(N(c4ccc5ccccc5c4)c4ccccc4C)cc(C(C)(C)C)c4ccc1c2c34. The Kier molecular flexibility index (Phi) is 8.77. The van der Waals surface area contributed by atoms with E-state index < -0.39 is 0 Å². The van der Waals surface area contributed by atoms with Crippen molar-refractivity contribution in [2.75, 3.05) is 9.80 Å². The summed E-state index contributed by atoms with van der Waals surface area (Å²) in [5.41, 5.74) is 11.9. The second-order valence-electron chi connectivity index (χ2n) is 18.8. The fourth-order valence-corrected chi connectivity index (χ4v) is 9.64. The highest BCUT2D eigenvalue weighted by atomic mass is 15.2. The molecular formula is C58H52N2. The normalized spacial score (nSPS) is 12.3. The monoisotopic (exact) mass is 776 g/mol. The van der Waals surface area contributed by atoms with Gasteiger partial charge in [0.25, 0.3) is 0 Å². The topological polar surface area (TPSA) is 6.48 Å². The third kappa shape index (κ3) is 6.16. The molecule has 0 saturated heterocycles. The molecule has 0 atom stereocenters. The van der Waals surface area contributed by atoms with Crippen molar-refractivity contribution in [1.29, 1.82) is 0 Å². The molecule has 60 heavy (non-hydrogen) atoms. The Bertz CT molecular complexity index is 3040. The van der Waals surface area contributed by atoms with Gasteiger partial charge in [0, 0.05) is 33.5 Å². The molecule has 0 unspecified atom stereocenters. The lowest BCUT2D eigenvalue weighted by molar-refractivity contribution is 0.595. The molecule has 0 bridgehead atoms. The molecule has 0 aliphatic carbocycles. The number of anilines is 6. The minimum Gasteiger partial charge on any atom is -0.310 e. The maximum atomic E-state index is 2.52. The van der Waals surface area contributed by atoms with Gasteiger partial charge in [0.05, 0.1) is 11.4 Å². The molecule has 10 aromatic rings. The molecule has 0 aliphatic heterocycles. The molecule has 0 amide bonds. The van der Waals surface area contributed by atoms with Crippen molar-refractivity contribution in [3.8, 4) is 0 Å². The first-order valence-electron chi connectivity index (χ1n) is 21.4. The Morgan fingerprint density at radius 1 is 0.317 bits per heavy atom. The van der Waals surface area contributed by atoms with Gasteiger partial charge in [0.15, 0.2) is 0 Å². The first-order chi connectivity index (χ1) is 28.9. The first kappa shape index (κ1) is 37.6. The second-order valence-corrected chi connectivity index (χ2v) is 18.8. The number of rotatable bonds is 6. The summed E-state index contributed by atoms with van der Waals surface area (Å²) in [7, 11) is 0. The minimum absolute atomic E-state index is 0.133. The van der Waals surface area contributed by atoms with E-state index in [9.17, 15) is 0 Å². The van der Waals surface area contributed by atoms with Crippen LogP contribution in [0.4, 0.5) is 34.1 Å². The zero-order chi connectivity index (χ0) is 41.5. The van der Waals surface area contributed by atoms with E-state index in [4.69, 9.17) is 0 Å². The molecule has 0 saturated carbocycles. The van der Waals surface area contributed by atoms with Gasteiger partial charge in [0.1, 0.15) is 0 Å². The quantitative estimate of drug-likeness (QED) is 0.155. The molecule has 0 aliphatic rings. The molecule has 2 heteroatoms. The van der Waals surface area contributed by atoms with E-state index in [2.05, 4.69) is 235 Å². The number of para-hydroxylation sites is 2. The molecule has 0 spiro atoms. The maximum absolute atomic E-state index is 2.52. The number of nitrogens with zero attached hydrogens (tertiary/aromatic N) is 2. The van der Waals surface area contributed by atoms with E-state index in [1.807, 2.05) is 0 Å². The van der Waals surface area contributed by atoms with Crippen LogP contribution in [0.3, 0.4) is 0 Å². The van der Waals surface area contributed by atoms with Crippen molar-refractivity contribution < 1.29 is 0 Å². The van der Waals surface area contributed by atoms with Gasteiger partial charge in [-0.2, -0.15) is 0 Å². The predicted octanol–water partition coefficient (Wildman–Crippen LogP) is 17.0. The summed E-state index contributed by atoms with van der Waals surface area (Å²) in [5, 5.41) is 12.7. The van der Waals surface area contributed by atoms with Crippen LogP contribution in [0.25, 0.3) is 53.9 Å². The van der Waals surface area contributed by atoms with Gasteiger partial charge < -0.3 is 9.80 Å². The molecule has 10 rings (SSSR count). The van der Waals surface area contributed by atoms with Crippen LogP contribution >= 0.6 is 0 Å². The fourth-order valence-electron chi connectivity index (χ4n) is 9.64. The molecule has 294 valence electrons. The summed E-state index contributed by atoms with van der Waals surface area (Å²) < 4.78 is 0. The van der Waals surface area contributed by atoms with Gasteiger partial charge in [-0.3, -0.25) is 0 Å². The summed E-state index contributed by atoms with van der Waals surface area (Å²) in [6.45, 7) is 18.7. The number of benzene rings is 10. The van der Waals surface area contributed by atoms with E-state index in [1.54, 1.807) is 0 Å². The van der Waals surface area contributed by atoms with Crippen molar-refractivity contribution in [3.05, 3.63) is 192 Å². The third-order valence-corrected chi connectivity index (χ3v) is 12.6. The van der Waals surface area contributed by atoms with E-state index in [0.717, 1.165) is 11.4 Å². The van der Waals surface area contributed by atoms with Crippen LogP contribution in [-0.2, 0) is 10.8 Å². The maximum Gasteiger partial charge on any atom is 0.0543 e. The van der Waals surface area contributed by atoms with E-state index in [-0.39, 0.29) is 10.8 Å². The van der Waals surface area contributed by atoms with E-state index in [1.165, 1.54) is 98.9 Å². The van der Waals surface area contributed by atoms with Crippen LogP contribution in [0.5, 0.6) is 0 Å². The van der Waals surface area contributed by atoms with Gasteiger partial charge in [-0.15, -0.1) is 0 Å². The summed E-state index contributed by atoms with van der Waals surface area (Å²) in [5.74, 6) is 0. The summed E-state index contributed by atoms with van der Waals surface area (Å²) >= 11 is 0. The highest BCUT2D eigenvalue weighted by Gasteiger charge is 2.30. The Hall–Kier alpha value is -6.64. The van der Waals surface area contributed by atoms with Crippen LogP contribution < -0.4 is 9.80 Å². The Labute approximate surface area is 354 Å².